The number of hydrogen-bond acceptors (Lipinski definition) is 3. The summed E-state index contributed by atoms with van der Waals surface area (Å²) in [5, 5.41) is 0. The SMILES string of the molecule is O=C(CCc1ccc(S(=O)(=O)NCc2ccccc2)cc1)N1CCc2cc(Br)ccc21. The highest BCUT2D eigenvalue weighted by molar-refractivity contribution is 9.10. The largest absolute Gasteiger partial charge is 0.312 e. The minimum absolute atomic E-state index is 0.0855. The van der Waals surface area contributed by atoms with E-state index >= 15 is 0 Å². The molecule has 0 radical (unpaired) electrons. The van der Waals surface area contributed by atoms with Crippen molar-refractivity contribution in [2.24, 2.45) is 0 Å². The fourth-order valence-electron chi connectivity index (χ4n) is 3.71. The van der Waals surface area contributed by atoms with Crippen molar-refractivity contribution in [2.75, 3.05) is 11.4 Å². The lowest BCUT2D eigenvalue weighted by molar-refractivity contribution is -0.118. The number of nitrogens with zero attached hydrogens (tertiary/aromatic N) is 1. The van der Waals surface area contributed by atoms with Crippen molar-refractivity contribution in [1.29, 1.82) is 0 Å². The zero-order valence-corrected chi connectivity index (χ0v) is 19.3. The summed E-state index contributed by atoms with van der Waals surface area (Å²) in [6.07, 6.45) is 1.82. The van der Waals surface area contributed by atoms with E-state index in [1.54, 1.807) is 24.3 Å². The van der Waals surface area contributed by atoms with Crippen LogP contribution in [-0.2, 0) is 34.2 Å². The van der Waals surface area contributed by atoms with Gasteiger partial charge in [0.05, 0.1) is 4.90 Å². The van der Waals surface area contributed by atoms with Crippen molar-refractivity contribution in [2.45, 2.75) is 30.7 Å². The third-order valence-corrected chi connectivity index (χ3v) is 7.32. The van der Waals surface area contributed by atoms with Gasteiger partial charge < -0.3 is 4.90 Å². The Kier molecular flexibility index (Phi) is 6.55. The van der Waals surface area contributed by atoms with E-state index in [0.717, 1.165) is 27.7 Å². The average molecular weight is 499 g/mol. The van der Waals surface area contributed by atoms with Gasteiger partial charge in [-0.3, -0.25) is 4.79 Å². The smallest absolute Gasteiger partial charge is 0.240 e. The maximum Gasteiger partial charge on any atom is 0.240 e. The van der Waals surface area contributed by atoms with Crippen LogP contribution in [0.1, 0.15) is 23.1 Å². The molecule has 1 amide bonds. The number of anilines is 1. The predicted molar refractivity (Wildman–Crippen MR) is 125 cm³/mol. The summed E-state index contributed by atoms with van der Waals surface area (Å²) < 4.78 is 28.7. The number of aryl methyl sites for hydroxylation is 1. The first kappa shape index (κ1) is 21.7. The van der Waals surface area contributed by atoms with Crippen molar-refractivity contribution in [3.8, 4) is 0 Å². The molecule has 0 saturated heterocycles. The second kappa shape index (κ2) is 9.34. The van der Waals surface area contributed by atoms with E-state index in [9.17, 15) is 13.2 Å². The number of carbonyl (C=O) groups excluding carboxylic acids is 1. The first-order valence-electron chi connectivity index (χ1n) is 10.1. The van der Waals surface area contributed by atoms with Crippen LogP contribution in [0.5, 0.6) is 0 Å². The molecule has 0 spiro atoms. The molecule has 0 saturated carbocycles. The lowest BCUT2D eigenvalue weighted by Crippen LogP contribution is -2.29. The van der Waals surface area contributed by atoms with Crippen LogP contribution in [0.25, 0.3) is 0 Å². The first-order valence-corrected chi connectivity index (χ1v) is 12.4. The molecule has 1 heterocycles. The molecular formula is C24H23BrN2O3S. The normalized spacial score (nSPS) is 13.3. The molecule has 0 bridgehead atoms. The quantitative estimate of drug-likeness (QED) is 0.523. The van der Waals surface area contributed by atoms with Gasteiger partial charge in [-0.25, -0.2) is 13.1 Å². The highest BCUT2D eigenvalue weighted by Crippen LogP contribution is 2.31. The monoisotopic (exact) mass is 498 g/mol. The van der Waals surface area contributed by atoms with Crippen LogP contribution in [0.4, 0.5) is 5.69 Å². The van der Waals surface area contributed by atoms with E-state index in [1.807, 2.05) is 47.4 Å². The van der Waals surface area contributed by atoms with Crippen LogP contribution in [0.3, 0.4) is 0 Å². The fourth-order valence-corrected chi connectivity index (χ4v) is 5.13. The average Bonchev–Trinajstić information content (AvgIpc) is 3.20. The number of sulfonamides is 1. The Bertz CT molecular complexity index is 1180. The maximum absolute atomic E-state index is 12.7. The van der Waals surface area contributed by atoms with Crippen molar-refractivity contribution in [3.63, 3.8) is 0 Å². The molecule has 0 fully saturated rings. The van der Waals surface area contributed by atoms with E-state index in [2.05, 4.69) is 26.7 Å². The zero-order valence-electron chi connectivity index (χ0n) is 16.9. The Hall–Kier alpha value is -2.48. The summed E-state index contributed by atoms with van der Waals surface area (Å²) in [6.45, 7) is 0.947. The van der Waals surface area contributed by atoms with Crippen molar-refractivity contribution in [3.05, 3.63) is 94.0 Å². The van der Waals surface area contributed by atoms with Gasteiger partial charge in [0, 0.05) is 29.7 Å². The molecule has 0 aliphatic carbocycles. The van der Waals surface area contributed by atoms with Crippen LogP contribution in [0.15, 0.2) is 82.2 Å². The van der Waals surface area contributed by atoms with Gasteiger partial charge in [0.2, 0.25) is 15.9 Å². The van der Waals surface area contributed by atoms with Gasteiger partial charge in [-0.2, -0.15) is 0 Å². The third kappa shape index (κ3) is 5.23. The first-order chi connectivity index (χ1) is 14.9. The number of fused-ring (bicyclic) bond motifs is 1. The lowest BCUT2D eigenvalue weighted by atomic mass is 10.1. The topological polar surface area (TPSA) is 66.5 Å². The van der Waals surface area contributed by atoms with Gasteiger partial charge >= 0.3 is 0 Å². The zero-order chi connectivity index (χ0) is 21.8. The van der Waals surface area contributed by atoms with Gasteiger partial charge in [0.15, 0.2) is 0 Å². The highest BCUT2D eigenvalue weighted by atomic mass is 79.9. The third-order valence-electron chi connectivity index (χ3n) is 5.41. The molecular weight excluding hydrogens is 476 g/mol. The summed E-state index contributed by atoms with van der Waals surface area (Å²) in [4.78, 5) is 14.8. The fraction of sp³-hybridized carbons (Fsp3) is 0.208. The molecule has 4 rings (SSSR count). The van der Waals surface area contributed by atoms with E-state index in [0.29, 0.717) is 19.4 Å². The number of hydrogen-bond donors (Lipinski definition) is 1. The van der Waals surface area contributed by atoms with Gasteiger partial charge in [0.1, 0.15) is 0 Å². The minimum atomic E-state index is -3.59. The second-order valence-corrected chi connectivity index (χ2v) is 10.2. The number of nitrogens with one attached hydrogen (secondary N) is 1. The van der Waals surface area contributed by atoms with Gasteiger partial charge in [-0.1, -0.05) is 58.4 Å². The van der Waals surface area contributed by atoms with Gasteiger partial charge in [-0.05, 0) is 59.9 Å². The Morgan fingerprint density at radius 1 is 0.968 bits per heavy atom. The highest BCUT2D eigenvalue weighted by Gasteiger charge is 2.24. The van der Waals surface area contributed by atoms with E-state index in [4.69, 9.17) is 0 Å². The number of carbonyl (C=O) groups is 1. The van der Waals surface area contributed by atoms with Crippen LogP contribution < -0.4 is 9.62 Å². The number of halogens is 1. The molecule has 0 unspecified atom stereocenters. The molecule has 0 aromatic heterocycles. The Labute approximate surface area is 191 Å². The summed E-state index contributed by atoms with van der Waals surface area (Å²) in [5.74, 6) is 0.0855. The van der Waals surface area contributed by atoms with Crippen molar-refractivity contribution >= 4 is 37.5 Å². The molecule has 3 aromatic carbocycles. The predicted octanol–water partition coefficient (Wildman–Crippen LogP) is 4.45. The second-order valence-electron chi connectivity index (χ2n) is 7.52. The molecule has 1 N–H and O–H groups in total. The summed E-state index contributed by atoms with van der Waals surface area (Å²) in [5.41, 5.74) is 4.00. The summed E-state index contributed by atoms with van der Waals surface area (Å²) in [6, 6.07) is 22.1. The van der Waals surface area contributed by atoms with Crippen LogP contribution in [0, 0.1) is 0 Å². The molecule has 7 heteroatoms. The summed E-state index contributed by atoms with van der Waals surface area (Å²) >= 11 is 3.47. The standard InChI is InChI=1S/C24H23BrN2O3S/c25-21-9-12-23-20(16-21)14-15-27(23)24(28)13-8-18-6-10-22(11-7-18)31(29,30)26-17-19-4-2-1-3-5-19/h1-7,9-12,16,26H,8,13-15,17H2. The molecule has 1 aliphatic rings. The van der Waals surface area contributed by atoms with Gasteiger partial charge in [0.25, 0.3) is 0 Å². The lowest BCUT2D eigenvalue weighted by Gasteiger charge is -2.17. The van der Waals surface area contributed by atoms with Gasteiger partial charge in [-0.15, -0.1) is 0 Å². The maximum atomic E-state index is 12.7. The Morgan fingerprint density at radius 2 is 1.71 bits per heavy atom. The number of rotatable bonds is 7. The van der Waals surface area contributed by atoms with E-state index < -0.39 is 10.0 Å². The van der Waals surface area contributed by atoms with Crippen LogP contribution in [-0.4, -0.2) is 20.9 Å². The van der Waals surface area contributed by atoms with Crippen molar-refractivity contribution in [1.82, 2.24) is 4.72 Å². The molecule has 1 aliphatic heterocycles. The number of benzene rings is 3. The molecule has 0 atom stereocenters. The molecule has 31 heavy (non-hydrogen) atoms. The molecule has 3 aromatic rings. The van der Waals surface area contributed by atoms with Crippen molar-refractivity contribution < 1.29 is 13.2 Å². The number of amides is 1. The summed E-state index contributed by atoms with van der Waals surface area (Å²) in [7, 11) is -3.59. The Morgan fingerprint density at radius 3 is 2.45 bits per heavy atom. The Balaban J connectivity index is 1.34. The molecule has 5 nitrogen and oxygen atoms in total. The van der Waals surface area contributed by atoms with Crippen LogP contribution >= 0.6 is 15.9 Å². The van der Waals surface area contributed by atoms with E-state index in [-0.39, 0.29) is 17.3 Å². The van der Waals surface area contributed by atoms with E-state index in [1.165, 1.54) is 5.56 Å². The van der Waals surface area contributed by atoms with Crippen LogP contribution in [0.2, 0.25) is 0 Å². The molecule has 160 valence electrons. The minimum Gasteiger partial charge on any atom is -0.312 e.